The maximum Gasteiger partial charge on any atom is 0.264 e. The van der Waals surface area contributed by atoms with Crippen molar-refractivity contribution in [3.8, 4) is 28.8 Å². The van der Waals surface area contributed by atoms with E-state index in [1.54, 1.807) is 39.9 Å². The summed E-state index contributed by atoms with van der Waals surface area (Å²) in [5.74, 6) is 0.306. The monoisotopic (exact) mass is 567 g/mol. The molecule has 1 saturated heterocycles. The van der Waals surface area contributed by atoms with Gasteiger partial charge in [0, 0.05) is 24.7 Å². The number of benzene rings is 2. The van der Waals surface area contributed by atoms with Gasteiger partial charge in [-0.05, 0) is 55.4 Å². The molecule has 4 aromatic rings. The molecule has 1 fully saturated rings. The Labute approximate surface area is 244 Å². The fourth-order valence-corrected chi connectivity index (χ4v) is 5.15. The molecular formula is C32H34FN7O2. The Kier molecular flexibility index (Phi) is 8.20. The minimum atomic E-state index is -0.530. The standard InChI is InChI=1S/C32H34FN7O2/c1-32(2,3)15-7-9-21(18-34)31(41)39-16-8-10-22(19-39)40-30-27(29(35)36-20-37-30)28(38-40)25-14-13-24(17-26(25)33)42-23-11-5-4-6-12-23/h4-6,9,11-14,17,20,22H,7-8,10,15-16,19H2,1-3H3,(H2,35,36,37)/b21-9+. The van der Waals surface area contributed by atoms with Gasteiger partial charge < -0.3 is 15.4 Å². The number of fused-ring (bicyclic) bond motifs is 1. The lowest BCUT2D eigenvalue weighted by Crippen LogP contribution is -2.41. The number of piperidine rings is 1. The first-order valence-corrected chi connectivity index (χ1v) is 14.1. The van der Waals surface area contributed by atoms with Crippen LogP contribution in [0.4, 0.5) is 10.2 Å². The molecule has 0 aliphatic carbocycles. The zero-order chi connectivity index (χ0) is 29.9. The third kappa shape index (κ3) is 6.25. The first kappa shape index (κ1) is 28.7. The summed E-state index contributed by atoms with van der Waals surface area (Å²) in [6, 6.07) is 15.6. The third-order valence-corrected chi connectivity index (χ3v) is 7.32. The number of nitrogens with two attached hydrogens (primary N) is 1. The Morgan fingerprint density at radius 1 is 1.19 bits per heavy atom. The number of likely N-dealkylation sites (tertiary alicyclic amines) is 1. The van der Waals surface area contributed by atoms with E-state index in [9.17, 15) is 10.1 Å². The highest BCUT2D eigenvalue weighted by Crippen LogP contribution is 2.36. The van der Waals surface area contributed by atoms with E-state index in [0.29, 0.717) is 54.2 Å². The molecule has 1 amide bonds. The molecule has 10 heteroatoms. The van der Waals surface area contributed by atoms with Gasteiger partial charge in [-0.3, -0.25) is 4.79 Å². The van der Waals surface area contributed by atoms with Gasteiger partial charge in [-0.25, -0.2) is 19.0 Å². The molecule has 1 atom stereocenters. The molecule has 3 heterocycles. The molecule has 2 aromatic heterocycles. The Balaban J connectivity index is 1.43. The third-order valence-electron chi connectivity index (χ3n) is 7.32. The van der Waals surface area contributed by atoms with Crippen LogP contribution in [0.3, 0.4) is 0 Å². The fraction of sp³-hybridized carbons (Fsp3) is 0.344. The molecule has 1 unspecified atom stereocenters. The molecule has 5 rings (SSSR count). The van der Waals surface area contributed by atoms with Crippen molar-refractivity contribution in [3.63, 3.8) is 0 Å². The van der Waals surface area contributed by atoms with Crippen molar-refractivity contribution >= 4 is 22.8 Å². The maximum atomic E-state index is 15.5. The average molecular weight is 568 g/mol. The maximum absolute atomic E-state index is 15.5. The first-order chi connectivity index (χ1) is 20.1. The van der Waals surface area contributed by atoms with Crippen LogP contribution in [0, 0.1) is 22.6 Å². The first-order valence-electron chi connectivity index (χ1n) is 14.1. The van der Waals surface area contributed by atoms with Gasteiger partial charge in [0.25, 0.3) is 5.91 Å². The number of allylic oxidation sites excluding steroid dienone is 1. The summed E-state index contributed by atoms with van der Waals surface area (Å²) < 4.78 is 23.0. The summed E-state index contributed by atoms with van der Waals surface area (Å²) in [6.07, 6.45) is 6.05. The van der Waals surface area contributed by atoms with E-state index in [2.05, 4.69) is 36.8 Å². The number of halogens is 1. The summed E-state index contributed by atoms with van der Waals surface area (Å²) in [6.45, 7) is 7.25. The van der Waals surface area contributed by atoms with Crippen LogP contribution < -0.4 is 10.5 Å². The van der Waals surface area contributed by atoms with E-state index in [1.165, 1.54) is 12.4 Å². The van der Waals surface area contributed by atoms with Gasteiger partial charge >= 0.3 is 0 Å². The van der Waals surface area contributed by atoms with Crippen molar-refractivity contribution in [2.75, 3.05) is 18.8 Å². The molecule has 0 saturated carbocycles. The zero-order valence-corrected chi connectivity index (χ0v) is 24.0. The minimum absolute atomic E-state index is 0.105. The Morgan fingerprint density at radius 3 is 2.69 bits per heavy atom. The highest BCUT2D eigenvalue weighted by molar-refractivity contribution is 5.99. The second-order valence-electron chi connectivity index (χ2n) is 11.7. The lowest BCUT2D eigenvalue weighted by atomic mass is 9.90. The molecule has 2 N–H and O–H groups in total. The number of anilines is 1. The van der Waals surface area contributed by atoms with Crippen LogP contribution in [-0.4, -0.2) is 43.6 Å². The molecule has 9 nitrogen and oxygen atoms in total. The van der Waals surface area contributed by atoms with Crippen LogP contribution in [0.15, 0.2) is 66.5 Å². The molecule has 216 valence electrons. The van der Waals surface area contributed by atoms with Gasteiger partial charge in [-0.1, -0.05) is 45.0 Å². The lowest BCUT2D eigenvalue weighted by molar-refractivity contribution is -0.128. The molecule has 42 heavy (non-hydrogen) atoms. The van der Waals surface area contributed by atoms with E-state index in [4.69, 9.17) is 15.6 Å². The Bertz CT molecular complexity index is 1670. The topological polar surface area (TPSA) is 123 Å². The van der Waals surface area contributed by atoms with Crippen LogP contribution in [0.25, 0.3) is 22.3 Å². The SMILES string of the molecule is CC(C)(C)CC/C=C(\C#N)C(=O)N1CCCC(n2nc(-c3ccc(Oc4ccccc4)cc3F)c3c(N)ncnc32)C1. The van der Waals surface area contributed by atoms with Crippen molar-refractivity contribution < 1.29 is 13.9 Å². The summed E-state index contributed by atoms with van der Waals surface area (Å²) >= 11 is 0. The number of para-hydroxylation sites is 1. The Hall–Kier alpha value is -4.78. The lowest BCUT2D eigenvalue weighted by Gasteiger charge is -2.32. The van der Waals surface area contributed by atoms with Gasteiger partial charge in [0.05, 0.1) is 11.4 Å². The van der Waals surface area contributed by atoms with Crippen molar-refractivity contribution in [2.45, 2.75) is 52.5 Å². The summed E-state index contributed by atoms with van der Waals surface area (Å²) in [5, 5.41) is 14.9. The van der Waals surface area contributed by atoms with Crippen LogP contribution in [0.5, 0.6) is 11.5 Å². The molecule has 1 aliphatic rings. The number of rotatable bonds is 7. The number of nitriles is 1. The predicted octanol–water partition coefficient (Wildman–Crippen LogP) is 6.45. The van der Waals surface area contributed by atoms with Crippen LogP contribution in [-0.2, 0) is 4.79 Å². The molecule has 0 radical (unpaired) electrons. The summed E-state index contributed by atoms with van der Waals surface area (Å²) in [5.41, 5.74) is 7.53. The molecule has 0 bridgehead atoms. The van der Waals surface area contributed by atoms with Crippen LogP contribution >= 0.6 is 0 Å². The van der Waals surface area contributed by atoms with Crippen molar-refractivity contribution in [2.24, 2.45) is 5.41 Å². The fourth-order valence-electron chi connectivity index (χ4n) is 5.15. The number of nitrogens with zero attached hydrogens (tertiary/aromatic N) is 6. The largest absolute Gasteiger partial charge is 0.457 e. The van der Waals surface area contributed by atoms with E-state index >= 15 is 4.39 Å². The van der Waals surface area contributed by atoms with Gasteiger partial charge in [0.15, 0.2) is 5.65 Å². The van der Waals surface area contributed by atoms with E-state index in [-0.39, 0.29) is 34.3 Å². The molecule has 1 aliphatic heterocycles. The highest BCUT2D eigenvalue weighted by Gasteiger charge is 2.30. The number of hydrogen-bond acceptors (Lipinski definition) is 7. The van der Waals surface area contributed by atoms with Crippen molar-refractivity contribution in [1.82, 2.24) is 24.6 Å². The molecular weight excluding hydrogens is 533 g/mol. The highest BCUT2D eigenvalue weighted by atomic mass is 19.1. The number of nitrogen functional groups attached to an aromatic ring is 1. The number of hydrogen-bond donors (Lipinski definition) is 1. The van der Waals surface area contributed by atoms with Crippen molar-refractivity contribution in [3.05, 3.63) is 72.3 Å². The van der Waals surface area contributed by atoms with Crippen molar-refractivity contribution in [1.29, 1.82) is 5.26 Å². The number of amides is 1. The second kappa shape index (κ2) is 12.0. The predicted molar refractivity (Wildman–Crippen MR) is 159 cm³/mol. The normalized spacial score (nSPS) is 15.9. The minimum Gasteiger partial charge on any atom is -0.457 e. The molecule has 2 aromatic carbocycles. The number of carbonyl (C=O) groups is 1. The second-order valence-corrected chi connectivity index (χ2v) is 11.7. The van der Waals surface area contributed by atoms with Crippen LogP contribution in [0.1, 0.15) is 52.5 Å². The quantitative estimate of drug-likeness (QED) is 0.201. The number of aromatic nitrogens is 4. The van der Waals surface area contributed by atoms with Gasteiger partial charge in [-0.15, -0.1) is 0 Å². The number of carbonyl (C=O) groups excluding carboxylic acids is 1. The zero-order valence-electron chi connectivity index (χ0n) is 24.0. The van der Waals surface area contributed by atoms with E-state index in [0.717, 1.165) is 12.8 Å². The van der Waals surface area contributed by atoms with E-state index < -0.39 is 5.82 Å². The summed E-state index contributed by atoms with van der Waals surface area (Å²) in [7, 11) is 0. The van der Waals surface area contributed by atoms with E-state index in [1.807, 2.05) is 18.2 Å². The molecule has 0 spiro atoms. The van der Waals surface area contributed by atoms with Crippen LogP contribution in [0.2, 0.25) is 0 Å². The number of ether oxygens (including phenoxy) is 1. The average Bonchev–Trinajstić information content (AvgIpc) is 3.36. The summed E-state index contributed by atoms with van der Waals surface area (Å²) in [4.78, 5) is 23.6. The van der Waals surface area contributed by atoms with Gasteiger partial charge in [-0.2, -0.15) is 10.4 Å². The van der Waals surface area contributed by atoms with Gasteiger partial charge in [0.2, 0.25) is 0 Å². The Morgan fingerprint density at radius 2 is 1.98 bits per heavy atom. The van der Waals surface area contributed by atoms with Gasteiger partial charge in [0.1, 0.15) is 46.8 Å². The smallest absolute Gasteiger partial charge is 0.264 e.